The smallest absolute Gasteiger partial charge is 0.340 e. The number of nitrogens with zero attached hydrogens (tertiary/aromatic N) is 1. The lowest BCUT2D eigenvalue weighted by atomic mass is 9.87. The summed E-state index contributed by atoms with van der Waals surface area (Å²) in [6.07, 6.45) is 1.13. The zero-order valence-electron chi connectivity index (χ0n) is 11.5. The normalized spacial score (nSPS) is 10.9. The van der Waals surface area contributed by atoms with Crippen LogP contribution in [-0.4, -0.2) is 29.6 Å². The minimum atomic E-state index is -0.639. The highest BCUT2D eigenvalue weighted by atomic mass is 16.5. The zero-order chi connectivity index (χ0) is 14.6. The minimum Gasteiger partial charge on any atom is -0.465 e. The standard InChI is InChI=1S/C14H17NO4/c1-14(2,3)11(17)8-10(16)12-9(13(18)19-4)6-5-7-15-12/h5-7H,8H2,1-4H3. The first-order chi connectivity index (χ1) is 8.77. The monoisotopic (exact) mass is 263 g/mol. The van der Waals surface area contributed by atoms with E-state index in [1.807, 2.05) is 0 Å². The molecule has 5 nitrogen and oxygen atoms in total. The van der Waals surface area contributed by atoms with Crippen LogP contribution in [0.3, 0.4) is 0 Å². The van der Waals surface area contributed by atoms with Crippen LogP contribution in [0.15, 0.2) is 18.3 Å². The van der Waals surface area contributed by atoms with Crippen molar-refractivity contribution in [3.05, 3.63) is 29.6 Å². The topological polar surface area (TPSA) is 73.3 Å². The van der Waals surface area contributed by atoms with Gasteiger partial charge in [-0.3, -0.25) is 14.6 Å². The van der Waals surface area contributed by atoms with E-state index in [9.17, 15) is 14.4 Å². The third-order valence-corrected chi connectivity index (χ3v) is 2.63. The molecule has 0 radical (unpaired) electrons. The van der Waals surface area contributed by atoms with Crippen molar-refractivity contribution in [2.75, 3.05) is 7.11 Å². The summed E-state index contributed by atoms with van der Waals surface area (Å²) in [5.74, 6) is -1.31. The van der Waals surface area contributed by atoms with Crippen molar-refractivity contribution in [3.8, 4) is 0 Å². The molecule has 0 spiro atoms. The van der Waals surface area contributed by atoms with Gasteiger partial charge in [0, 0.05) is 11.6 Å². The number of carbonyl (C=O) groups is 3. The highest BCUT2D eigenvalue weighted by Crippen LogP contribution is 2.19. The maximum absolute atomic E-state index is 12.1. The van der Waals surface area contributed by atoms with Gasteiger partial charge in [-0.1, -0.05) is 20.8 Å². The molecular formula is C14H17NO4. The van der Waals surface area contributed by atoms with E-state index in [0.29, 0.717) is 0 Å². The Morgan fingerprint density at radius 3 is 2.42 bits per heavy atom. The Labute approximate surface area is 112 Å². The average Bonchev–Trinajstić information content (AvgIpc) is 2.36. The second kappa shape index (κ2) is 5.73. The van der Waals surface area contributed by atoms with Crippen LogP contribution in [0.2, 0.25) is 0 Å². The Balaban J connectivity index is 3.01. The van der Waals surface area contributed by atoms with Gasteiger partial charge in [-0.15, -0.1) is 0 Å². The minimum absolute atomic E-state index is 0.0213. The molecule has 19 heavy (non-hydrogen) atoms. The number of methoxy groups -OCH3 is 1. The molecule has 0 aliphatic rings. The van der Waals surface area contributed by atoms with Crippen LogP contribution in [0.4, 0.5) is 0 Å². The molecule has 0 bridgehead atoms. The van der Waals surface area contributed by atoms with Crippen molar-refractivity contribution < 1.29 is 19.1 Å². The molecule has 0 atom stereocenters. The van der Waals surface area contributed by atoms with E-state index in [1.165, 1.54) is 25.4 Å². The van der Waals surface area contributed by atoms with Gasteiger partial charge in [0.1, 0.15) is 11.5 Å². The van der Waals surface area contributed by atoms with Gasteiger partial charge in [-0.2, -0.15) is 0 Å². The summed E-state index contributed by atoms with van der Waals surface area (Å²) in [4.78, 5) is 39.3. The van der Waals surface area contributed by atoms with Crippen LogP contribution in [0.25, 0.3) is 0 Å². The number of ether oxygens (including phenoxy) is 1. The van der Waals surface area contributed by atoms with Crippen molar-refractivity contribution in [1.29, 1.82) is 0 Å². The van der Waals surface area contributed by atoms with Gasteiger partial charge >= 0.3 is 5.97 Å². The van der Waals surface area contributed by atoms with Crippen molar-refractivity contribution in [3.63, 3.8) is 0 Å². The maximum Gasteiger partial charge on any atom is 0.340 e. The first-order valence-electron chi connectivity index (χ1n) is 5.87. The Morgan fingerprint density at radius 2 is 1.89 bits per heavy atom. The fourth-order valence-corrected chi connectivity index (χ4v) is 1.40. The molecule has 5 heteroatoms. The fourth-order valence-electron chi connectivity index (χ4n) is 1.40. The van der Waals surface area contributed by atoms with Gasteiger partial charge in [0.05, 0.1) is 19.1 Å². The lowest BCUT2D eigenvalue weighted by molar-refractivity contribution is -0.125. The van der Waals surface area contributed by atoms with Crippen LogP contribution < -0.4 is 0 Å². The maximum atomic E-state index is 12.1. The zero-order valence-corrected chi connectivity index (χ0v) is 11.5. The Bertz CT molecular complexity index is 514. The summed E-state index contributed by atoms with van der Waals surface area (Å²) >= 11 is 0. The third kappa shape index (κ3) is 3.71. The number of aromatic nitrogens is 1. The summed E-state index contributed by atoms with van der Waals surface area (Å²) in [5.41, 5.74) is -0.542. The predicted molar refractivity (Wildman–Crippen MR) is 69.0 cm³/mol. The number of hydrogen-bond acceptors (Lipinski definition) is 5. The molecule has 1 rings (SSSR count). The number of hydrogen-bond donors (Lipinski definition) is 0. The highest BCUT2D eigenvalue weighted by molar-refractivity contribution is 6.12. The van der Waals surface area contributed by atoms with Gasteiger partial charge < -0.3 is 4.74 Å². The highest BCUT2D eigenvalue weighted by Gasteiger charge is 2.27. The van der Waals surface area contributed by atoms with E-state index < -0.39 is 17.2 Å². The van der Waals surface area contributed by atoms with Crippen molar-refractivity contribution >= 4 is 17.5 Å². The van der Waals surface area contributed by atoms with Gasteiger partial charge in [-0.05, 0) is 12.1 Å². The molecule has 0 saturated carbocycles. The molecule has 1 heterocycles. The molecule has 0 aromatic carbocycles. The predicted octanol–water partition coefficient (Wildman–Crippen LogP) is 2.06. The number of carbonyl (C=O) groups excluding carboxylic acids is 3. The molecule has 0 saturated heterocycles. The molecule has 0 N–H and O–H groups in total. The van der Waals surface area contributed by atoms with E-state index in [1.54, 1.807) is 20.8 Å². The summed E-state index contributed by atoms with van der Waals surface area (Å²) in [6, 6.07) is 2.99. The van der Waals surface area contributed by atoms with Gasteiger partial charge in [-0.25, -0.2) is 4.79 Å². The van der Waals surface area contributed by atoms with Crippen LogP contribution in [0.1, 0.15) is 48.0 Å². The van der Waals surface area contributed by atoms with Crippen LogP contribution >= 0.6 is 0 Å². The van der Waals surface area contributed by atoms with E-state index in [2.05, 4.69) is 9.72 Å². The average molecular weight is 263 g/mol. The molecular weight excluding hydrogens is 246 g/mol. The summed E-state index contributed by atoms with van der Waals surface area (Å²) in [7, 11) is 1.23. The lowest BCUT2D eigenvalue weighted by Gasteiger charge is -2.15. The quantitative estimate of drug-likeness (QED) is 0.472. The number of Topliss-reactive ketones (excluding diaryl/α,β-unsaturated/α-hetero) is 2. The molecule has 0 unspecified atom stereocenters. The van der Waals surface area contributed by atoms with E-state index in [4.69, 9.17) is 0 Å². The van der Waals surface area contributed by atoms with Gasteiger partial charge in [0.25, 0.3) is 0 Å². The molecule has 0 fully saturated rings. The second-order valence-corrected chi connectivity index (χ2v) is 5.16. The third-order valence-electron chi connectivity index (χ3n) is 2.63. The molecule has 0 aliphatic carbocycles. The molecule has 0 amide bonds. The van der Waals surface area contributed by atoms with E-state index in [0.717, 1.165) is 0 Å². The number of ketones is 2. The largest absolute Gasteiger partial charge is 0.465 e. The Morgan fingerprint density at radius 1 is 1.26 bits per heavy atom. The Kier molecular flexibility index (Phi) is 4.53. The first-order valence-corrected chi connectivity index (χ1v) is 5.87. The second-order valence-electron chi connectivity index (χ2n) is 5.16. The number of rotatable bonds is 4. The SMILES string of the molecule is COC(=O)c1cccnc1C(=O)CC(=O)C(C)(C)C. The Hall–Kier alpha value is -2.04. The first kappa shape index (κ1) is 15.0. The van der Waals surface area contributed by atoms with E-state index in [-0.39, 0.29) is 23.5 Å². The van der Waals surface area contributed by atoms with Crippen molar-refractivity contribution in [2.45, 2.75) is 27.2 Å². The molecule has 0 aliphatic heterocycles. The van der Waals surface area contributed by atoms with Gasteiger partial charge in [0.15, 0.2) is 5.78 Å². The fraction of sp³-hybridized carbons (Fsp3) is 0.429. The summed E-state index contributed by atoms with van der Waals surface area (Å²) in [5, 5.41) is 0. The van der Waals surface area contributed by atoms with Crippen LogP contribution in [-0.2, 0) is 9.53 Å². The van der Waals surface area contributed by atoms with Crippen molar-refractivity contribution in [2.24, 2.45) is 5.41 Å². The molecule has 1 aromatic heterocycles. The summed E-state index contributed by atoms with van der Waals surface area (Å²) in [6.45, 7) is 5.22. The van der Waals surface area contributed by atoms with Gasteiger partial charge in [0.2, 0.25) is 0 Å². The lowest BCUT2D eigenvalue weighted by Crippen LogP contribution is -2.24. The summed E-state index contributed by atoms with van der Waals surface area (Å²) < 4.78 is 4.58. The number of esters is 1. The number of pyridine rings is 1. The molecule has 1 aromatic rings. The van der Waals surface area contributed by atoms with E-state index >= 15 is 0 Å². The van der Waals surface area contributed by atoms with Crippen molar-refractivity contribution in [1.82, 2.24) is 4.98 Å². The van der Waals surface area contributed by atoms with Crippen LogP contribution in [0.5, 0.6) is 0 Å². The molecule has 102 valence electrons. The van der Waals surface area contributed by atoms with Crippen LogP contribution in [0, 0.1) is 5.41 Å².